The van der Waals surface area contributed by atoms with Crippen molar-refractivity contribution in [3.05, 3.63) is 158 Å². The summed E-state index contributed by atoms with van der Waals surface area (Å²) in [4.78, 5) is 14.9. The number of rotatable bonds is 10. The first-order valence-electron chi connectivity index (χ1n) is 18.3. The molecule has 0 spiro atoms. The monoisotopic (exact) mass is 734 g/mol. The molecule has 0 unspecified atom stereocenters. The van der Waals surface area contributed by atoms with Crippen molar-refractivity contribution < 1.29 is 18.9 Å². The van der Waals surface area contributed by atoms with Gasteiger partial charge in [0.1, 0.15) is 23.0 Å². The van der Waals surface area contributed by atoms with Crippen molar-refractivity contribution in [2.24, 2.45) is 0 Å². The van der Waals surface area contributed by atoms with E-state index in [4.69, 9.17) is 28.9 Å². The van der Waals surface area contributed by atoms with E-state index in [2.05, 4.69) is 119 Å². The van der Waals surface area contributed by atoms with E-state index in [1.807, 2.05) is 48.5 Å². The van der Waals surface area contributed by atoms with E-state index in [-0.39, 0.29) is 0 Å². The van der Waals surface area contributed by atoms with Crippen LogP contribution in [0.15, 0.2) is 158 Å². The molecule has 1 aromatic heterocycles. The lowest BCUT2D eigenvalue weighted by atomic mass is 10.0. The normalized spacial score (nSPS) is 11.2. The maximum absolute atomic E-state index is 5.46. The maximum atomic E-state index is 5.46. The summed E-state index contributed by atoms with van der Waals surface area (Å²) in [5.74, 6) is 3.20. The largest absolute Gasteiger partial charge is 0.497 e. The second kappa shape index (κ2) is 14.5. The van der Waals surface area contributed by atoms with E-state index < -0.39 is 0 Å². The van der Waals surface area contributed by atoms with Crippen molar-refractivity contribution >= 4 is 77.7 Å². The molecule has 0 bridgehead atoms. The zero-order chi connectivity index (χ0) is 38.2. The summed E-state index contributed by atoms with van der Waals surface area (Å²) < 4.78 is 21.8. The summed E-state index contributed by atoms with van der Waals surface area (Å²) in [5, 5.41) is 4.19. The molecule has 0 aliphatic rings. The number of methoxy groups -OCH3 is 4. The van der Waals surface area contributed by atoms with Gasteiger partial charge >= 0.3 is 0 Å². The molecule has 8 nitrogen and oxygen atoms in total. The number of hydrogen-bond acceptors (Lipinski definition) is 8. The summed E-state index contributed by atoms with van der Waals surface area (Å²) in [7, 11) is 6.71. The number of benzene rings is 8. The van der Waals surface area contributed by atoms with Gasteiger partial charge in [0, 0.05) is 44.9 Å². The van der Waals surface area contributed by atoms with Crippen LogP contribution in [-0.4, -0.2) is 38.4 Å². The Kier molecular flexibility index (Phi) is 8.91. The van der Waals surface area contributed by atoms with E-state index >= 15 is 0 Å². The highest BCUT2D eigenvalue weighted by atomic mass is 16.5. The van der Waals surface area contributed by atoms with Gasteiger partial charge in [-0.25, -0.2) is 9.97 Å². The van der Waals surface area contributed by atoms with Gasteiger partial charge in [0.05, 0.1) is 50.5 Å². The summed E-state index contributed by atoms with van der Waals surface area (Å²) in [6.45, 7) is 0. The highest BCUT2D eigenvalue weighted by Crippen LogP contribution is 2.41. The molecule has 0 aliphatic heterocycles. The molecule has 0 radical (unpaired) electrons. The molecule has 0 saturated heterocycles. The van der Waals surface area contributed by atoms with Gasteiger partial charge in [0.25, 0.3) is 0 Å². The summed E-state index contributed by atoms with van der Waals surface area (Å²) in [5.41, 5.74) is 9.45. The standard InChI is InChI=1S/C48H38N4O4/c1-53-39-17-7-33(8-18-39)51(34-9-19-40(54-2)20-10-34)37-15-25-43-31(29-37)5-27-45-47(43)50-48-44-26-16-38(30-32(44)6-28-46(48)49-45)52(35-11-21-41(55-3)22-12-35)36-13-23-42(56-4)24-14-36/h5-30H,1-4H3. The Bertz CT molecular complexity index is 2550. The van der Waals surface area contributed by atoms with E-state index in [1.165, 1.54) is 0 Å². The van der Waals surface area contributed by atoms with Gasteiger partial charge in [-0.3, -0.25) is 0 Å². The van der Waals surface area contributed by atoms with Crippen LogP contribution in [0.1, 0.15) is 0 Å². The quantitative estimate of drug-likeness (QED) is 0.102. The fourth-order valence-corrected chi connectivity index (χ4v) is 7.33. The van der Waals surface area contributed by atoms with Crippen LogP contribution < -0.4 is 28.7 Å². The highest BCUT2D eigenvalue weighted by molar-refractivity contribution is 6.12. The van der Waals surface area contributed by atoms with Crippen molar-refractivity contribution in [1.82, 2.24) is 9.97 Å². The first kappa shape index (κ1) is 34.4. The van der Waals surface area contributed by atoms with Crippen LogP contribution in [0.3, 0.4) is 0 Å². The van der Waals surface area contributed by atoms with Crippen molar-refractivity contribution in [2.75, 3.05) is 38.2 Å². The van der Waals surface area contributed by atoms with Crippen LogP contribution in [0.2, 0.25) is 0 Å². The SMILES string of the molecule is COc1ccc(N(c2ccc(OC)cc2)c2ccc3c(ccc4nc5ccc6cc(N(c7ccc(OC)cc7)c7ccc(OC)cc7)ccc6c5nc43)c2)cc1. The molecule has 274 valence electrons. The van der Waals surface area contributed by atoms with Crippen molar-refractivity contribution in [3.63, 3.8) is 0 Å². The summed E-state index contributed by atoms with van der Waals surface area (Å²) in [6.07, 6.45) is 0. The average molecular weight is 735 g/mol. The molecular weight excluding hydrogens is 697 g/mol. The third kappa shape index (κ3) is 6.27. The average Bonchev–Trinajstić information content (AvgIpc) is 3.26. The van der Waals surface area contributed by atoms with Gasteiger partial charge in [-0.1, -0.05) is 24.3 Å². The Morgan fingerprint density at radius 2 is 0.625 bits per heavy atom. The fraction of sp³-hybridized carbons (Fsp3) is 0.0833. The van der Waals surface area contributed by atoms with Crippen LogP contribution >= 0.6 is 0 Å². The molecule has 0 aliphatic carbocycles. The van der Waals surface area contributed by atoms with Crippen molar-refractivity contribution in [3.8, 4) is 23.0 Å². The van der Waals surface area contributed by atoms with E-state index in [0.29, 0.717) is 0 Å². The Balaban J connectivity index is 1.15. The van der Waals surface area contributed by atoms with Crippen molar-refractivity contribution in [1.29, 1.82) is 0 Å². The summed E-state index contributed by atoms with van der Waals surface area (Å²) >= 11 is 0. The number of ether oxygens (including phenoxy) is 4. The second-order valence-corrected chi connectivity index (χ2v) is 13.4. The molecule has 9 rings (SSSR count). The molecule has 0 amide bonds. The van der Waals surface area contributed by atoms with E-state index in [9.17, 15) is 0 Å². The number of nitrogens with zero attached hydrogens (tertiary/aromatic N) is 4. The third-order valence-electron chi connectivity index (χ3n) is 10.2. The molecular formula is C48H38N4O4. The van der Waals surface area contributed by atoms with Crippen LogP contribution in [0, 0.1) is 0 Å². The zero-order valence-electron chi connectivity index (χ0n) is 31.4. The van der Waals surface area contributed by atoms with Crippen molar-refractivity contribution in [2.45, 2.75) is 0 Å². The van der Waals surface area contributed by atoms with Crippen LogP contribution in [0.4, 0.5) is 34.1 Å². The van der Waals surface area contributed by atoms with Crippen LogP contribution in [0.5, 0.6) is 23.0 Å². The maximum Gasteiger partial charge on any atom is 0.119 e. The Morgan fingerprint density at radius 1 is 0.321 bits per heavy atom. The molecule has 8 aromatic carbocycles. The molecule has 0 saturated carbocycles. The Hall–Kier alpha value is -7.32. The van der Waals surface area contributed by atoms with Crippen LogP contribution in [0.25, 0.3) is 43.6 Å². The Morgan fingerprint density at radius 3 is 0.929 bits per heavy atom. The predicted molar refractivity (Wildman–Crippen MR) is 228 cm³/mol. The van der Waals surface area contributed by atoms with Gasteiger partial charge in [0.15, 0.2) is 0 Å². The molecule has 56 heavy (non-hydrogen) atoms. The minimum Gasteiger partial charge on any atom is -0.497 e. The number of fused-ring (bicyclic) bond motifs is 6. The molecule has 1 heterocycles. The third-order valence-corrected chi connectivity index (χ3v) is 10.2. The van der Waals surface area contributed by atoms with E-state index in [0.717, 1.165) is 101 Å². The summed E-state index contributed by atoms with van der Waals surface area (Å²) in [6, 6.07) is 53.7. The minimum absolute atomic E-state index is 0.801. The molecule has 0 fully saturated rings. The van der Waals surface area contributed by atoms with Gasteiger partial charge in [-0.2, -0.15) is 0 Å². The first-order chi connectivity index (χ1) is 27.5. The van der Waals surface area contributed by atoms with Gasteiger partial charge in [0.2, 0.25) is 0 Å². The second-order valence-electron chi connectivity index (χ2n) is 13.4. The number of anilines is 6. The van der Waals surface area contributed by atoms with Gasteiger partial charge in [-0.05, 0) is 144 Å². The zero-order valence-corrected chi connectivity index (χ0v) is 31.4. The molecule has 0 N–H and O–H groups in total. The van der Waals surface area contributed by atoms with Crippen LogP contribution in [-0.2, 0) is 0 Å². The Labute approximate surface area is 324 Å². The smallest absolute Gasteiger partial charge is 0.119 e. The lowest BCUT2D eigenvalue weighted by Crippen LogP contribution is -2.10. The first-order valence-corrected chi connectivity index (χ1v) is 18.3. The van der Waals surface area contributed by atoms with Gasteiger partial charge in [-0.15, -0.1) is 0 Å². The number of hydrogen-bond donors (Lipinski definition) is 0. The molecule has 8 heteroatoms. The van der Waals surface area contributed by atoms with Gasteiger partial charge < -0.3 is 28.7 Å². The molecule has 9 aromatic rings. The molecule has 0 atom stereocenters. The lowest BCUT2D eigenvalue weighted by Gasteiger charge is -2.26. The number of aromatic nitrogens is 2. The predicted octanol–water partition coefficient (Wildman–Crippen LogP) is 12.1. The lowest BCUT2D eigenvalue weighted by molar-refractivity contribution is 0.414. The highest BCUT2D eigenvalue weighted by Gasteiger charge is 2.17. The van der Waals surface area contributed by atoms with E-state index in [1.54, 1.807) is 28.4 Å². The fourth-order valence-electron chi connectivity index (χ4n) is 7.33. The minimum atomic E-state index is 0.801. The topological polar surface area (TPSA) is 69.2 Å².